The van der Waals surface area contributed by atoms with E-state index in [0.29, 0.717) is 15.7 Å². The highest BCUT2D eigenvalue weighted by molar-refractivity contribution is 9.10. The van der Waals surface area contributed by atoms with E-state index < -0.39 is 34.8 Å². The first kappa shape index (κ1) is 24.7. The molecule has 0 radical (unpaired) electrons. The number of non-ortho nitro benzene ring substituents is 1. The Morgan fingerprint density at radius 3 is 2.54 bits per heavy atom. The summed E-state index contributed by atoms with van der Waals surface area (Å²) in [6.07, 6.45) is -1.12. The lowest BCUT2D eigenvalue weighted by Gasteiger charge is -2.29. The summed E-state index contributed by atoms with van der Waals surface area (Å²) in [4.78, 5) is 45.2. The Balaban J connectivity index is 1.59. The molecule has 2 fully saturated rings. The monoisotopic (exact) mass is 567 g/mol. The molecule has 37 heavy (non-hydrogen) atoms. The number of halogens is 1. The summed E-state index contributed by atoms with van der Waals surface area (Å²) in [7, 11) is 0. The lowest BCUT2D eigenvalue weighted by atomic mass is 9.90. The number of amides is 2. The van der Waals surface area contributed by atoms with Crippen molar-refractivity contribution in [1.82, 2.24) is 4.90 Å². The first-order valence-corrected chi connectivity index (χ1v) is 12.3. The predicted molar refractivity (Wildman–Crippen MR) is 136 cm³/mol. The summed E-state index contributed by atoms with van der Waals surface area (Å²) in [5, 5.41) is 23.2. The molecule has 2 saturated heterocycles. The molecule has 0 bridgehead atoms. The molecule has 2 aliphatic heterocycles. The second-order valence-corrected chi connectivity index (χ2v) is 9.48. The smallest absolute Gasteiger partial charge is 0.271 e. The first-order valence-electron chi connectivity index (χ1n) is 11.5. The molecule has 11 heteroatoms. The molecule has 0 aliphatic carbocycles. The third-order valence-electron chi connectivity index (χ3n) is 6.38. The van der Waals surface area contributed by atoms with E-state index >= 15 is 0 Å². The fourth-order valence-corrected chi connectivity index (χ4v) is 5.19. The van der Waals surface area contributed by atoms with Crippen LogP contribution in [-0.2, 0) is 21.0 Å². The molecule has 2 amide bonds. The summed E-state index contributed by atoms with van der Waals surface area (Å²) in [5.41, 5.74) is 1.46. The minimum atomic E-state index is -1.12. The highest BCUT2D eigenvalue weighted by atomic mass is 79.9. The number of hydroxylamine groups is 1. The van der Waals surface area contributed by atoms with E-state index in [0.717, 1.165) is 5.56 Å². The third kappa shape index (κ3) is 4.40. The van der Waals surface area contributed by atoms with E-state index in [1.54, 1.807) is 25.1 Å². The predicted octanol–water partition coefficient (Wildman–Crippen LogP) is 4.51. The number of phenols is 1. The van der Waals surface area contributed by atoms with Crippen molar-refractivity contribution < 1.29 is 29.2 Å². The number of phenolic OH excluding ortho intramolecular Hbond substituents is 1. The zero-order chi connectivity index (χ0) is 26.3. The number of nitro groups is 1. The Morgan fingerprint density at radius 2 is 1.84 bits per heavy atom. The molecule has 1 N–H and O–H groups in total. The van der Waals surface area contributed by atoms with Crippen LogP contribution in [0.2, 0.25) is 0 Å². The normalized spacial score (nSPS) is 20.9. The number of anilines is 1. The number of ether oxygens (including phenoxy) is 1. The lowest BCUT2D eigenvalue weighted by molar-refractivity contribution is -0.384. The SMILES string of the molecule is CCOc1cc([C@H]2[C@@H]3C(=O)N(Cc4ccccc4)C(=O)[C@@H]3ON2c2cccc([N+](=O)[O-])c2)cc(Br)c1O. The maximum absolute atomic E-state index is 13.7. The number of carbonyl (C=O) groups excluding carboxylic acids is 2. The van der Waals surface area contributed by atoms with Crippen LogP contribution in [0.4, 0.5) is 11.4 Å². The molecular formula is C26H22BrN3O7. The number of nitrogens with zero attached hydrogens (tertiary/aromatic N) is 3. The highest BCUT2D eigenvalue weighted by Crippen LogP contribution is 2.49. The summed E-state index contributed by atoms with van der Waals surface area (Å²) < 4.78 is 5.91. The van der Waals surface area contributed by atoms with Crippen molar-refractivity contribution in [2.45, 2.75) is 25.6 Å². The van der Waals surface area contributed by atoms with Crippen LogP contribution >= 0.6 is 15.9 Å². The first-order chi connectivity index (χ1) is 17.8. The van der Waals surface area contributed by atoms with Crippen LogP contribution < -0.4 is 9.80 Å². The van der Waals surface area contributed by atoms with Gasteiger partial charge in [-0.2, -0.15) is 0 Å². The van der Waals surface area contributed by atoms with Crippen LogP contribution in [0, 0.1) is 16.0 Å². The van der Waals surface area contributed by atoms with Gasteiger partial charge in [0, 0.05) is 12.1 Å². The Hall–Kier alpha value is -3.96. The van der Waals surface area contributed by atoms with E-state index in [1.165, 1.54) is 28.2 Å². The summed E-state index contributed by atoms with van der Waals surface area (Å²) >= 11 is 3.34. The number of carbonyl (C=O) groups is 2. The van der Waals surface area contributed by atoms with Gasteiger partial charge in [0.25, 0.3) is 11.6 Å². The molecular weight excluding hydrogens is 546 g/mol. The zero-order valence-corrected chi connectivity index (χ0v) is 21.2. The van der Waals surface area contributed by atoms with Crippen molar-refractivity contribution >= 4 is 39.1 Å². The summed E-state index contributed by atoms with van der Waals surface area (Å²) in [6, 6.07) is 17.3. The largest absolute Gasteiger partial charge is 0.503 e. The fourth-order valence-electron chi connectivity index (χ4n) is 4.73. The number of nitro benzene ring substituents is 1. The summed E-state index contributed by atoms with van der Waals surface area (Å²) in [5.74, 6) is -1.75. The molecule has 0 saturated carbocycles. The topological polar surface area (TPSA) is 122 Å². The van der Waals surface area contributed by atoms with Crippen LogP contribution in [0.3, 0.4) is 0 Å². The van der Waals surface area contributed by atoms with Gasteiger partial charge < -0.3 is 9.84 Å². The van der Waals surface area contributed by atoms with Crippen molar-refractivity contribution in [3.05, 3.63) is 92.4 Å². The number of likely N-dealkylation sites (tertiary alicyclic amines) is 1. The number of hydrogen-bond acceptors (Lipinski definition) is 8. The van der Waals surface area contributed by atoms with E-state index in [-0.39, 0.29) is 30.3 Å². The van der Waals surface area contributed by atoms with E-state index in [2.05, 4.69) is 15.9 Å². The molecule has 190 valence electrons. The lowest BCUT2D eigenvalue weighted by Crippen LogP contribution is -2.37. The molecule has 0 unspecified atom stereocenters. The molecule has 3 aromatic rings. The molecule has 3 aromatic carbocycles. The van der Waals surface area contributed by atoms with E-state index in [4.69, 9.17) is 9.57 Å². The van der Waals surface area contributed by atoms with Gasteiger partial charge in [-0.15, -0.1) is 0 Å². The van der Waals surface area contributed by atoms with Gasteiger partial charge in [0.2, 0.25) is 5.91 Å². The molecule has 2 heterocycles. The minimum Gasteiger partial charge on any atom is -0.503 e. The number of fused-ring (bicyclic) bond motifs is 1. The maximum Gasteiger partial charge on any atom is 0.271 e. The van der Waals surface area contributed by atoms with E-state index in [1.807, 2.05) is 30.3 Å². The van der Waals surface area contributed by atoms with Crippen molar-refractivity contribution in [3.8, 4) is 11.5 Å². The van der Waals surface area contributed by atoms with Gasteiger partial charge in [-0.1, -0.05) is 36.4 Å². The van der Waals surface area contributed by atoms with Gasteiger partial charge in [-0.25, -0.2) is 5.06 Å². The Kier molecular flexibility index (Phi) is 6.57. The van der Waals surface area contributed by atoms with Crippen molar-refractivity contribution in [2.75, 3.05) is 11.7 Å². The third-order valence-corrected chi connectivity index (χ3v) is 6.98. The van der Waals surface area contributed by atoms with Crippen molar-refractivity contribution in [3.63, 3.8) is 0 Å². The van der Waals surface area contributed by atoms with Crippen molar-refractivity contribution in [1.29, 1.82) is 0 Å². The molecule has 10 nitrogen and oxygen atoms in total. The van der Waals surface area contributed by atoms with Crippen LogP contribution in [0.5, 0.6) is 11.5 Å². The average molecular weight is 568 g/mol. The fraction of sp³-hybridized carbons (Fsp3) is 0.231. The van der Waals surface area contributed by atoms with Crippen LogP contribution in [0.25, 0.3) is 0 Å². The maximum atomic E-state index is 13.7. The summed E-state index contributed by atoms with van der Waals surface area (Å²) in [6.45, 7) is 2.15. The minimum absolute atomic E-state index is 0.0991. The second-order valence-electron chi connectivity index (χ2n) is 8.63. The van der Waals surface area contributed by atoms with Gasteiger partial charge in [0.05, 0.1) is 34.3 Å². The van der Waals surface area contributed by atoms with Gasteiger partial charge in [-0.3, -0.25) is 29.4 Å². The van der Waals surface area contributed by atoms with Gasteiger partial charge in [0.1, 0.15) is 5.92 Å². The Labute approximate surface area is 220 Å². The molecule has 3 atom stereocenters. The Morgan fingerprint density at radius 1 is 1.08 bits per heavy atom. The molecule has 0 aromatic heterocycles. The van der Waals surface area contributed by atoms with Gasteiger partial charge in [0.15, 0.2) is 17.6 Å². The zero-order valence-electron chi connectivity index (χ0n) is 19.6. The Bertz CT molecular complexity index is 1380. The number of hydrogen-bond donors (Lipinski definition) is 1. The van der Waals surface area contributed by atoms with Crippen LogP contribution in [0.1, 0.15) is 24.1 Å². The van der Waals surface area contributed by atoms with E-state index in [9.17, 15) is 24.8 Å². The van der Waals surface area contributed by atoms with Crippen LogP contribution in [-0.4, -0.2) is 39.5 Å². The van der Waals surface area contributed by atoms with Gasteiger partial charge in [-0.05, 0) is 52.2 Å². The molecule has 0 spiro atoms. The number of imide groups is 1. The average Bonchev–Trinajstić information content (AvgIpc) is 3.39. The van der Waals surface area contributed by atoms with Crippen molar-refractivity contribution in [2.24, 2.45) is 5.92 Å². The second kappa shape index (κ2) is 9.83. The quantitative estimate of drug-likeness (QED) is 0.251. The molecule has 5 rings (SSSR count). The van der Waals surface area contributed by atoms with Crippen LogP contribution in [0.15, 0.2) is 71.2 Å². The highest BCUT2D eigenvalue weighted by Gasteiger charge is 2.60. The standard InChI is InChI=1S/C26H22BrN3O7/c1-2-36-20-12-16(11-19(27)23(20)31)22-21-24(37-29(22)17-9-6-10-18(13-17)30(34)35)26(33)28(25(21)32)14-15-7-4-3-5-8-15/h3-13,21-22,24,31H,2,14H2,1H3/t21-,22-,24+/m0/s1. The number of rotatable bonds is 7. The molecule has 2 aliphatic rings. The number of aromatic hydroxyl groups is 1. The van der Waals surface area contributed by atoms with Gasteiger partial charge >= 0.3 is 0 Å². The number of benzene rings is 3.